The van der Waals surface area contributed by atoms with Crippen molar-refractivity contribution in [3.05, 3.63) is 34.4 Å². The number of hydrogen-bond acceptors (Lipinski definition) is 8. The molecule has 3 rings (SSSR count). The lowest BCUT2D eigenvalue weighted by molar-refractivity contribution is -0.142. The molecule has 134 valence electrons. The highest BCUT2D eigenvalue weighted by atomic mass is 32.1. The molecule has 0 aliphatic rings. The van der Waals surface area contributed by atoms with Crippen LogP contribution in [0.25, 0.3) is 21.9 Å². The Kier molecular flexibility index (Phi) is 5.97. The molecule has 2 aromatic heterocycles. The van der Waals surface area contributed by atoms with Crippen LogP contribution >= 0.6 is 12.6 Å². The molecule has 0 N–H and O–H groups in total. The van der Waals surface area contributed by atoms with E-state index in [1.807, 2.05) is 0 Å². The Morgan fingerprint density at radius 2 is 1.84 bits per heavy atom. The lowest BCUT2D eigenvalue weighted by Gasteiger charge is -2.11. The highest BCUT2D eigenvalue weighted by molar-refractivity contribution is 7.79. The van der Waals surface area contributed by atoms with E-state index in [1.165, 1.54) is 33.5 Å². The summed E-state index contributed by atoms with van der Waals surface area (Å²) in [5.74, 6) is 0.350. The van der Waals surface area contributed by atoms with Crippen molar-refractivity contribution in [2.24, 2.45) is 0 Å². The van der Waals surface area contributed by atoms with E-state index in [2.05, 4.69) is 12.6 Å². The first-order valence-electron chi connectivity index (χ1n) is 7.22. The van der Waals surface area contributed by atoms with E-state index in [0.29, 0.717) is 16.7 Å². The summed E-state index contributed by atoms with van der Waals surface area (Å²) in [4.78, 5) is 23.4. The van der Waals surface area contributed by atoms with E-state index >= 15 is 0 Å². The van der Waals surface area contributed by atoms with Gasteiger partial charge in [0, 0.05) is 13.0 Å². The zero-order chi connectivity index (χ0) is 18.6. The van der Waals surface area contributed by atoms with Gasteiger partial charge < -0.3 is 23.0 Å². The Balaban J connectivity index is 0.00000109. The number of rotatable bonds is 4. The van der Waals surface area contributed by atoms with Gasteiger partial charge in [-0.15, -0.1) is 0 Å². The molecule has 0 spiro atoms. The average Bonchev–Trinajstić information content (AvgIpc) is 3.09. The molecule has 0 amide bonds. The lowest BCUT2D eigenvalue weighted by Crippen LogP contribution is -2.07. The number of fused-ring (bicyclic) bond motifs is 2. The van der Waals surface area contributed by atoms with E-state index in [9.17, 15) is 9.59 Å². The molecule has 0 fully saturated rings. The minimum absolute atomic E-state index is 0.151. The van der Waals surface area contributed by atoms with Crippen molar-refractivity contribution in [2.75, 3.05) is 20.5 Å². The van der Waals surface area contributed by atoms with Gasteiger partial charge in [0.15, 0.2) is 16.6 Å². The number of furan rings is 1. The normalized spacial score (nSPS) is 10.3. The Bertz CT molecular complexity index is 955. The quantitative estimate of drug-likeness (QED) is 0.560. The van der Waals surface area contributed by atoms with Crippen molar-refractivity contribution in [3.8, 4) is 11.5 Å². The van der Waals surface area contributed by atoms with Gasteiger partial charge in [0.25, 0.3) is 0 Å². The highest BCUT2D eigenvalue weighted by Crippen LogP contribution is 2.41. The van der Waals surface area contributed by atoms with E-state index < -0.39 is 5.97 Å². The van der Waals surface area contributed by atoms with Crippen molar-refractivity contribution in [1.82, 2.24) is 0 Å². The standard InChI is InChI=1S/C16H14O7.CH4S/c1-8(17)22-7-9-6-11(18)12-13(19-2)10-4-5-21-14(10)16(20-3)15(12)23-9;1-2/h4-6H,7H2,1-3H3;2H,1H3. The number of methoxy groups -OCH3 is 2. The van der Waals surface area contributed by atoms with Gasteiger partial charge in [-0.05, 0) is 12.3 Å². The maximum Gasteiger partial charge on any atom is 0.303 e. The second kappa shape index (κ2) is 7.98. The summed E-state index contributed by atoms with van der Waals surface area (Å²) in [6.45, 7) is 1.12. The first kappa shape index (κ1) is 18.7. The molecule has 25 heavy (non-hydrogen) atoms. The zero-order valence-electron chi connectivity index (χ0n) is 14.2. The zero-order valence-corrected chi connectivity index (χ0v) is 15.1. The second-order valence-electron chi connectivity index (χ2n) is 4.79. The number of hydrogen-bond donors (Lipinski definition) is 1. The third-order valence-corrected chi connectivity index (χ3v) is 3.37. The molecule has 0 radical (unpaired) electrons. The van der Waals surface area contributed by atoms with Crippen molar-refractivity contribution in [3.63, 3.8) is 0 Å². The minimum atomic E-state index is -0.473. The third-order valence-electron chi connectivity index (χ3n) is 3.37. The number of esters is 1. The topological polar surface area (TPSA) is 88.1 Å². The number of carbonyl (C=O) groups excluding carboxylic acids is 1. The van der Waals surface area contributed by atoms with Gasteiger partial charge in [-0.1, -0.05) is 0 Å². The van der Waals surface area contributed by atoms with Crippen LogP contribution in [0.15, 0.2) is 32.0 Å². The van der Waals surface area contributed by atoms with E-state index in [4.69, 9.17) is 23.0 Å². The Morgan fingerprint density at radius 3 is 2.44 bits per heavy atom. The van der Waals surface area contributed by atoms with Crippen molar-refractivity contribution >= 4 is 40.5 Å². The summed E-state index contributed by atoms with van der Waals surface area (Å²) < 4.78 is 26.7. The van der Waals surface area contributed by atoms with E-state index in [1.54, 1.807) is 12.3 Å². The van der Waals surface area contributed by atoms with Gasteiger partial charge in [-0.2, -0.15) is 12.6 Å². The maximum atomic E-state index is 12.5. The number of benzene rings is 1. The summed E-state index contributed by atoms with van der Waals surface area (Å²) in [5.41, 5.74) is 0.262. The summed E-state index contributed by atoms with van der Waals surface area (Å²) in [6.07, 6.45) is 3.17. The first-order chi connectivity index (χ1) is 12.1. The fourth-order valence-corrected chi connectivity index (χ4v) is 2.46. The molecule has 0 saturated carbocycles. The highest BCUT2D eigenvalue weighted by Gasteiger charge is 2.22. The molecule has 0 atom stereocenters. The van der Waals surface area contributed by atoms with Crippen LogP contribution in [0.2, 0.25) is 0 Å². The molecule has 1 aromatic carbocycles. The SMILES string of the molecule is COc1c2occc2c(OC)c2c(=O)cc(COC(C)=O)oc12.CS. The predicted octanol–water partition coefficient (Wildman–Crippen LogP) is 3.17. The van der Waals surface area contributed by atoms with E-state index in [0.717, 1.165) is 0 Å². The molecule has 7 nitrogen and oxygen atoms in total. The Hall–Kier alpha value is -2.61. The lowest BCUT2D eigenvalue weighted by atomic mass is 10.1. The van der Waals surface area contributed by atoms with Crippen molar-refractivity contribution in [1.29, 1.82) is 0 Å². The molecule has 0 aliphatic heterocycles. The van der Waals surface area contributed by atoms with Crippen LogP contribution in [0, 0.1) is 0 Å². The summed E-state index contributed by atoms with van der Waals surface area (Å²) in [6, 6.07) is 2.95. The first-order valence-corrected chi connectivity index (χ1v) is 8.12. The predicted molar refractivity (Wildman–Crippen MR) is 95.7 cm³/mol. The largest absolute Gasteiger partial charge is 0.495 e. The summed E-state index contributed by atoms with van der Waals surface area (Å²) in [5, 5.41) is 0.849. The summed E-state index contributed by atoms with van der Waals surface area (Å²) >= 11 is 3.53. The van der Waals surface area contributed by atoms with Gasteiger partial charge in [0.2, 0.25) is 5.75 Å². The van der Waals surface area contributed by atoms with Crippen molar-refractivity contribution < 1.29 is 27.8 Å². The molecule has 8 heteroatoms. The molecular weight excluding hydrogens is 348 g/mol. The van der Waals surface area contributed by atoms with Gasteiger partial charge in [0.05, 0.1) is 25.9 Å². The maximum absolute atomic E-state index is 12.5. The number of carbonyl (C=O) groups is 1. The van der Waals surface area contributed by atoms with Gasteiger partial charge in [-0.25, -0.2) is 0 Å². The van der Waals surface area contributed by atoms with Crippen LogP contribution in [0.4, 0.5) is 0 Å². The monoisotopic (exact) mass is 366 g/mol. The molecule has 2 heterocycles. The fourth-order valence-electron chi connectivity index (χ4n) is 2.46. The second-order valence-corrected chi connectivity index (χ2v) is 4.79. The molecule has 0 aliphatic carbocycles. The van der Waals surface area contributed by atoms with Crippen LogP contribution in [0.5, 0.6) is 11.5 Å². The van der Waals surface area contributed by atoms with Crippen LogP contribution in [-0.2, 0) is 16.1 Å². The molecule has 3 aromatic rings. The van der Waals surface area contributed by atoms with Gasteiger partial charge in [-0.3, -0.25) is 9.59 Å². The molecular formula is C17H18O7S. The average molecular weight is 366 g/mol. The smallest absolute Gasteiger partial charge is 0.303 e. The van der Waals surface area contributed by atoms with Gasteiger partial charge >= 0.3 is 5.97 Å². The Morgan fingerprint density at radius 1 is 1.16 bits per heavy atom. The number of ether oxygens (including phenoxy) is 3. The van der Waals surface area contributed by atoms with Crippen LogP contribution in [0.3, 0.4) is 0 Å². The van der Waals surface area contributed by atoms with Crippen LogP contribution < -0.4 is 14.9 Å². The van der Waals surface area contributed by atoms with E-state index in [-0.39, 0.29) is 34.5 Å². The van der Waals surface area contributed by atoms with Crippen molar-refractivity contribution in [2.45, 2.75) is 13.5 Å². The molecule has 0 saturated heterocycles. The number of thiol groups is 1. The third kappa shape index (κ3) is 3.43. The van der Waals surface area contributed by atoms with Crippen LogP contribution in [0.1, 0.15) is 12.7 Å². The van der Waals surface area contributed by atoms with Crippen LogP contribution in [-0.4, -0.2) is 26.4 Å². The minimum Gasteiger partial charge on any atom is -0.495 e. The molecule has 0 unspecified atom stereocenters. The fraction of sp³-hybridized carbons (Fsp3) is 0.294. The molecule has 0 bridgehead atoms. The summed E-state index contributed by atoms with van der Waals surface area (Å²) in [7, 11) is 2.90. The van der Waals surface area contributed by atoms with Gasteiger partial charge in [0.1, 0.15) is 23.5 Å². The Labute approximate surface area is 148 Å².